The molecule has 0 aliphatic carbocycles. The molecule has 1 amide bonds. The number of nitrogens with two attached hydrogens (primary N) is 1. The Hall–Kier alpha value is -2.36. The first-order valence-electron chi connectivity index (χ1n) is 10.5. The van der Waals surface area contributed by atoms with Crippen molar-refractivity contribution >= 4 is 15.9 Å². The Balaban J connectivity index is 1.90. The van der Waals surface area contributed by atoms with Gasteiger partial charge in [-0.2, -0.15) is 4.31 Å². The fourth-order valence-corrected chi connectivity index (χ4v) is 6.30. The summed E-state index contributed by atoms with van der Waals surface area (Å²) in [6.07, 6.45) is 1.09. The Bertz CT molecular complexity index is 1090. The summed E-state index contributed by atoms with van der Waals surface area (Å²) in [5.74, 6) is -2.02. The van der Waals surface area contributed by atoms with Crippen molar-refractivity contribution in [3.05, 3.63) is 70.8 Å². The highest BCUT2D eigenvalue weighted by Crippen LogP contribution is 2.38. The number of amides is 1. The Labute approximate surface area is 187 Å². The first kappa shape index (κ1) is 24.3. The number of nitrogens with zero attached hydrogens (tertiary/aromatic N) is 1. The number of carbonyl (C=O) groups is 1. The van der Waals surface area contributed by atoms with E-state index in [0.717, 1.165) is 12.1 Å². The van der Waals surface area contributed by atoms with Crippen LogP contribution in [0.2, 0.25) is 0 Å². The lowest BCUT2D eigenvalue weighted by molar-refractivity contribution is -0.117. The van der Waals surface area contributed by atoms with Gasteiger partial charge in [0.05, 0.1) is 6.54 Å². The molecule has 1 fully saturated rings. The first-order valence-corrected chi connectivity index (χ1v) is 12.0. The van der Waals surface area contributed by atoms with Gasteiger partial charge in [-0.3, -0.25) is 10.1 Å². The van der Waals surface area contributed by atoms with Gasteiger partial charge in [-0.15, -0.1) is 0 Å². The predicted octanol–water partition coefficient (Wildman–Crippen LogP) is 3.33. The minimum atomic E-state index is -3.77. The fourth-order valence-electron chi connectivity index (χ4n) is 4.11. The van der Waals surface area contributed by atoms with E-state index in [1.54, 1.807) is 45.0 Å². The molecule has 2 atom stereocenters. The third-order valence-electron chi connectivity index (χ3n) is 6.04. The number of benzene rings is 2. The molecule has 0 radical (unpaired) electrons. The zero-order chi connectivity index (χ0) is 23.7. The molecule has 1 heterocycles. The Morgan fingerprint density at radius 1 is 1.16 bits per heavy atom. The molecule has 1 saturated heterocycles. The Morgan fingerprint density at radius 3 is 2.44 bits per heavy atom. The second-order valence-corrected chi connectivity index (χ2v) is 10.9. The van der Waals surface area contributed by atoms with Crippen LogP contribution in [0.5, 0.6) is 0 Å². The van der Waals surface area contributed by atoms with Crippen LogP contribution in [-0.4, -0.2) is 31.2 Å². The molecule has 1 aliphatic rings. The van der Waals surface area contributed by atoms with Crippen molar-refractivity contribution in [2.45, 2.75) is 57.0 Å². The van der Waals surface area contributed by atoms with Gasteiger partial charge >= 0.3 is 0 Å². The number of nitrogens with one attached hydrogen (secondary N) is 1. The second-order valence-electron chi connectivity index (χ2n) is 8.78. The molecule has 0 unspecified atom stereocenters. The van der Waals surface area contributed by atoms with Crippen LogP contribution in [0.4, 0.5) is 8.78 Å². The van der Waals surface area contributed by atoms with Crippen LogP contribution in [0.1, 0.15) is 55.6 Å². The van der Waals surface area contributed by atoms with Crippen LogP contribution in [0, 0.1) is 11.6 Å². The zero-order valence-corrected chi connectivity index (χ0v) is 19.3. The maximum Gasteiger partial charge on any atom is 0.231 e. The van der Waals surface area contributed by atoms with Crippen LogP contribution in [0.25, 0.3) is 0 Å². The number of rotatable bonds is 7. The van der Waals surface area contributed by atoms with Gasteiger partial charge in [0.1, 0.15) is 16.9 Å². The quantitative estimate of drug-likeness (QED) is 0.656. The van der Waals surface area contributed by atoms with Gasteiger partial charge in [-0.1, -0.05) is 30.3 Å². The minimum Gasteiger partial charge on any atom is -0.369 e. The van der Waals surface area contributed by atoms with Gasteiger partial charge in [0.15, 0.2) is 0 Å². The summed E-state index contributed by atoms with van der Waals surface area (Å²) in [5, 5.41) is 2.08. The monoisotopic (exact) mass is 465 g/mol. The predicted molar refractivity (Wildman–Crippen MR) is 119 cm³/mol. The molecule has 2 aromatic rings. The van der Waals surface area contributed by atoms with E-state index in [1.807, 2.05) is 6.07 Å². The number of sulfonamides is 1. The molecule has 0 saturated carbocycles. The molecule has 2 aromatic carbocycles. The summed E-state index contributed by atoms with van der Waals surface area (Å²) in [6.45, 7) is 4.54. The molecule has 1 aliphatic heterocycles. The van der Waals surface area contributed by atoms with Crippen molar-refractivity contribution in [1.29, 1.82) is 0 Å². The van der Waals surface area contributed by atoms with Gasteiger partial charge in [-0.25, -0.2) is 17.2 Å². The lowest BCUT2D eigenvalue weighted by atomic mass is 9.92. The number of carbonyl (C=O) groups excluding carboxylic acids is 1. The van der Waals surface area contributed by atoms with Gasteiger partial charge < -0.3 is 5.73 Å². The summed E-state index contributed by atoms with van der Waals surface area (Å²) >= 11 is 0. The lowest BCUT2D eigenvalue weighted by Crippen LogP contribution is -2.45. The standard InChI is InChI=1S/C23H29F2N3O3S/c1-15-9-10-21(16-7-5-4-6-8-16)32(30,31)28(15)14-17-11-20(25)18(12-19(17)24)23(2,3)27-13-22(26)29/h4-8,11-12,15,21,27H,9-10,13-14H2,1-3H3,(H2,26,29)/t15-,21+/m0/s1. The van der Waals surface area contributed by atoms with Crippen molar-refractivity contribution in [1.82, 2.24) is 9.62 Å². The second kappa shape index (κ2) is 9.25. The first-order chi connectivity index (χ1) is 14.9. The minimum absolute atomic E-state index is 0.0247. The van der Waals surface area contributed by atoms with Crippen molar-refractivity contribution in [2.75, 3.05) is 6.54 Å². The highest BCUT2D eigenvalue weighted by molar-refractivity contribution is 7.89. The topological polar surface area (TPSA) is 92.5 Å². The fraction of sp³-hybridized carbons (Fsp3) is 0.435. The van der Waals surface area contributed by atoms with Gasteiger partial charge in [-0.05, 0) is 51.3 Å². The average Bonchev–Trinajstić information content (AvgIpc) is 2.72. The number of halogens is 2. The van der Waals surface area contributed by atoms with E-state index in [-0.39, 0.29) is 30.3 Å². The van der Waals surface area contributed by atoms with Crippen LogP contribution in [0.3, 0.4) is 0 Å². The molecule has 3 rings (SSSR count). The molecule has 0 bridgehead atoms. The van der Waals surface area contributed by atoms with E-state index >= 15 is 4.39 Å². The Kier molecular flexibility index (Phi) is 7.02. The summed E-state index contributed by atoms with van der Waals surface area (Å²) in [7, 11) is -3.77. The van der Waals surface area contributed by atoms with E-state index in [9.17, 15) is 17.6 Å². The maximum atomic E-state index is 15.0. The molecule has 6 nitrogen and oxygen atoms in total. The van der Waals surface area contributed by atoms with E-state index < -0.39 is 38.4 Å². The van der Waals surface area contributed by atoms with Crippen molar-refractivity contribution in [3.63, 3.8) is 0 Å². The van der Waals surface area contributed by atoms with E-state index in [2.05, 4.69) is 5.32 Å². The number of hydrogen-bond donors (Lipinski definition) is 2. The van der Waals surface area contributed by atoms with Crippen LogP contribution < -0.4 is 11.1 Å². The SMILES string of the molecule is C[C@H]1CC[C@H](c2ccccc2)S(=O)(=O)N1Cc1cc(F)c(C(C)(C)NCC(N)=O)cc1F. The summed E-state index contributed by atoms with van der Waals surface area (Å²) in [4.78, 5) is 11.1. The van der Waals surface area contributed by atoms with E-state index in [0.29, 0.717) is 18.4 Å². The molecule has 0 aromatic heterocycles. The summed E-state index contributed by atoms with van der Waals surface area (Å²) in [6, 6.07) is 10.7. The van der Waals surface area contributed by atoms with Crippen molar-refractivity contribution < 1.29 is 22.0 Å². The number of hydrogen-bond acceptors (Lipinski definition) is 4. The summed E-state index contributed by atoms with van der Waals surface area (Å²) in [5.41, 5.74) is 4.75. The normalized spacial score (nSPS) is 21.4. The zero-order valence-electron chi connectivity index (χ0n) is 18.4. The van der Waals surface area contributed by atoms with Gasteiger partial charge in [0, 0.05) is 29.3 Å². The van der Waals surface area contributed by atoms with Gasteiger partial charge in [0.25, 0.3) is 0 Å². The molecule has 174 valence electrons. The molecule has 32 heavy (non-hydrogen) atoms. The van der Waals surface area contributed by atoms with E-state index in [1.165, 1.54) is 4.31 Å². The molecular formula is C23H29F2N3O3S. The van der Waals surface area contributed by atoms with Crippen LogP contribution in [-0.2, 0) is 26.9 Å². The summed E-state index contributed by atoms with van der Waals surface area (Å²) < 4.78 is 57.9. The molecule has 0 spiro atoms. The highest BCUT2D eigenvalue weighted by atomic mass is 32.2. The highest BCUT2D eigenvalue weighted by Gasteiger charge is 2.41. The van der Waals surface area contributed by atoms with Crippen LogP contribution >= 0.6 is 0 Å². The van der Waals surface area contributed by atoms with Crippen molar-refractivity contribution in [3.8, 4) is 0 Å². The largest absolute Gasteiger partial charge is 0.369 e. The smallest absolute Gasteiger partial charge is 0.231 e. The van der Waals surface area contributed by atoms with Gasteiger partial charge in [0.2, 0.25) is 15.9 Å². The lowest BCUT2D eigenvalue weighted by Gasteiger charge is -2.37. The Morgan fingerprint density at radius 2 is 1.81 bits per heavy atom. The molecule has 9 heteroatoms. The molecular weight excluding hydrogens is 436 g/mol. The number of primary amides is 1. The maximum absolute atomic E-state index is 15.0. The van der Waals surface area contributed by atoms with Crippen molar-refractivity contribution in [2.24, 2.45) is 5.73 Å². The third kappa shape index (κ3) is 5.00. The van der Waals surface area contributed by atoms with Crippen LogP contribution in [0.15, 0.2) is 42.5 Å². The molecule has 3 N–H and O–H groups in total. The average molecular weight is 466 g/mol. The third-order valence-corrected chi connectivity index (χ3v) is 8.41. The van der Waals surface area contributed by atoms with E-state index in [4.69, 9.17) is 5.73 Å².